The molecule has 1 aliphatic rings. The topological polar surface area (TPSA) is 176 Å². The van der Waals surface area contributed by atoms with Crippen molar-refractivity contribution in [1.29, 1.82) is 0 Å². The third-order valence-electron chi connectivity index (χ3n) is 4.06. The summed E-state index contributed by atoms with van der Waals surface area (Å²) in [5.74, 6) is -2.63. The Labute approximate surface area is 196 Å². The maximum absolute atomic E-state index is 13.1. The molecule has 1 aromatic rings. The Morgan fingerprint density at radius 2 is 2.06 bits per heavy atom. The van der Waals surface area contributed by atoms with Crippen LogP contribution in [-0.4, -0.2) is 61.5 Å². The van der Waals surface area contributed by atoms with Crippen LogP contribution in [0.15, 0.2) is 42.4 Å². The van der Waals surface area contributed by atoms with Gasteiger partial charge in [0.1, 0.15) is 17.9 Å². The van der Waals surface area contributed by atoms with Crippen LogP contribution in [0.3, 0.4) is 0 Å². The smallest absolute Gasteiger partial charge is 0.459 e. The first kappa shape index (κ1) is 29.2. The Morgan fingerprint density at radius 3 is 2.59 bits per heavy atom. The van der Waals surface area contributed by atoms with E-state index in [-0.39, 0.29) is 19.6 Å². The van der Waals surface area contributed by atoms with Crippen LogP contribution in [-0.2, 0) is 32.9 Å². The molecule has 1 heterocycles. The number of rotatable bonds is 12. The van der Waals surface area contributed by atoms with Crippen molar-refractivity contribution in [3.63, 3.8) is 0 Å². The number of carbonyl (C=O) groups excluding carboxylic acids is 3. The molecule has 0 bridgehead atoms. The van der Waals surface area contributed by atoms with Crippen molar-refractivity contribution in [3.8, 4) is 5.75 Å². The van der Waals surface area contributed by atoms with E-state index in [0.717, 1.165) is 0 Å². The van der Waals surface area contributed by atoms with Crippen molar-refractivity contribution in [2.45, 2.75) is 38.5 Å². The van der Waals surface area contributed by atoms with Crippen molar-refractivity contribution in [2.24, 2.45) is 5.73 Å². The maximum Gasteiger partial charge on any atom is 0.459 e. The number of para-hydroxylation sites is 1. The second-order valence-electron chi connectivity index (χ2n) is 6.71. The molecular weight excluding hydrogens is 476 g/mol. The van der Waals surface area contributed by atoms with E-state index in [1.807, 2.05) is 5.32 Å². The van der Waals surface area contributed by atoms with Crippen molar-refractivity contribution in [1.82, 2.24) is 10.4 Å². The molecule has 2 rings (SSSR count). The number of nitrogens with one attached hydrogen (secondary N) is 2. The predicted octanol–water partition coefficient (Wildman–Crippen LogP) is 0.910. The predicted molar refractivity (Wildman–Crippen MR) is 118 cm³/mol. The average molecular weight is 505 g/mol. The lowest BCUT2D eigenvalue weighted by Gasteiger charge is -2.24. The highest BCUT2D eigenvalue weighted by atomic mass is 31.2. The van der Waals surface area contributed by atoms with Crippen LogP contribution in [0.1, 0.15) is 20.3 Å². The number of hydrogen-bond acceptors (Lipinski definition) is 9. The fourth-order valence-corrected chi connectivity index (χ4v) is 3.92. The van der Waals surface area contributed by atoms with Gasteiger partial charge in [0.25, 0.3) is 5.91 Å². The van der Waals surface area contributed by atoms with Gasteiger partial charge in [0.2, 0.25) is 12.2 Å². The van der Waals surface area contributed by atoms with Gasteiger partial charge in [0, 0.05) is 12.8 Å². The molecule has 34 heavy (non-hydrogen) atoms. The summed E-state index contributed by atoms with van der Waals surface area (Å²) in [6.45, 7) is 3.67. The maximum atomic E-state index is 13.1. The summed E-state index contributed by atoms with van der Waals surface area (Å²) in [7, 11) is -3.90. The summed E-state index contributed by atoms with van der Waals surface area (Å²) < 4.78 is 46.1. The third-order valence-corrected chi connectivity index (χ3v) is 5.70. The standard InChI is InChI=1S/C16H24NO7P.C4H5FN2O2/c1-3-21-16(19)12(2)17-25(20,24-13-7-5-4-6-8-13)23-11-15-14(18)9-10-22-15;5-3(4(6)9)1-7-2-8/h4-8,12,14-15,18H,3,9-11H2,1-2H3,(H,17,20);1-2H,(H2,6,9)(H,7,8)/b;3-1+/t12-,14?,15+,25?;/m0./s1. The molecule has 4 atom stereocenters. The van der Waals surface area contributed by atoms with E-state index in [1.54, 1.807) is 37.3 Å². The number of aliphatic hydroxyl groups excluding tert-OH is 1. The lowest BCUT2D eigenvalue weighted by molar-refractivity contribution is -0.144. The van der Waals surface area contributed by atoms with Gasteiger partial charge in [-0.2, -0.15) is 9.48 Å². The highest BCUT2D eigenvalue weighted by molar-refractivity contribution is 7.52. The number of ether oxygens (including phenoxy) is 2. The first-order valence-electron chi connectivity index (χ1n) is 10.2. The van der Waals surface area contributed by atoms with E-state index >= 15 is 0 Å². The highest BCUT2D eigenvalue weighted by Crippen LogP contribution is 2.45. The number of hydrogen-bond donors (Lipinski definition) is 4. The summed E-state index contributed by atoms with van der Waals surface area (Å²) in [5, 5.41) is 14.2. The van der Waals surface area contributed by atoms with E-state index in [9.17, 15) is 28.4 Å². The monoisotopic (exact) mass is 505 g/mol. The lowest BCUT2D eigenvalue weighted by atomic mass is 10.2. The van der Waals surface area contributed by atoms with Crippen molar-refractivity contribution >= 4 is 26.0 Å². The summed E-state index contributed by atoms with van der Waals surface area (Å²) in [5.41, 5.74) is 4.44. The van der Waals surface area contributed by atoms with E-state index < -0.39 is 43.7 Å². The molecule has 5 N–H and O–H groups in total. The number of aliphatic hydroxyl groups is 1. The van der Waals surface area contributed by atoms with E-state index in [1.165, 1.54) is 6.92 Å². The Morgan fingerprint density at radius 1 is 1.38 bits per heavy atom. The molecule has 0 saturated carbocycles. The molecule has 190 valence electrons. The zero-order valence-electron chi connectivity index (χ0n) is 18.7. The number of esters is 1. The molecule has 0 aromatic heterocycles. The molecule has 12 nitrogen and oxygen atoms in total. The van der Waals surface area contributed by atoms with Crippen molar-refractivity contribution in [2.75, 3.05) is 19.8 Å². The van der Waals surface area contributed by atoms with Gasteiger partial charge in [0.05, 0.1) is 19.3 Å². The lowest BCUT2D eigenvalue weighted by Crippen LogP contribution is -2.36. The zero-order valence-corrected chi connectivity index (χ0v) is 19.6. The number of amides is 2. The molecule has 2 amide bonds. The molecule has 1 aliphatic heterocycles. The van der Waals surface area contributed by atoms with E-state index in [2.05, 4.69) is 10.8 Å². The molecule has 1 fully saturated rings. The van der Waals surface area contributed by atoms with Crippen LogP contribution in [0, 0.1) is 0 Å². The van der Waals surface area contributed by atoms with Gasteiger partial charge in [0.15, 0.2) is 0 Å². The summed E-state index contributed by atoms with van der Waals surface area (Å²) in [6.07, 6.45) is 0.0163. The summed E-state index contributed by atoms with van der Waals surface area (Å²) in [4.78, 5) is 31.1. The zero-order chi connectivity index (χ0) is 25.6. The normalized spacial score (nSPS) is 20.2. The summed E-state index contributed by atoms with van der Waals surface area (Å²) in [6, 6.07) is 7.57. The first-order chi connectivity index (χ1) is 16.1. The van der Waals surface area contributed by atoms with Gasteiger partial charge in [-0.3, -0.25) is 18.9 Å². The molecule has 0 radical (unpaired) electrons. The Hall–Kier alpha value is -2.83. The van der Waals surface area contributed by atoms with Gasteiger partial charge < -0.3 is 30.2 Å². The molecule has 1 saturated heterocycles. The van der Waals surface area contributed by atoms with Gasteiger partial charge in [-0.05, 0) is 32.4 Å². The second kappa shape index (κ2) is 15.1. The van der Waals surface area contributed by atoms with E-state index in [4.69, 9.17) is 18.5 Å². The number of primary amides is 1. The van der Waals surface area contributed by atoms with Crippen LogP contribution in [0.4, 0.5) is 4.39 Å². The molecule has 1 aromatic carbocycles. The quantitative estimate of drug-likeness (QED) is 0.138. The first-order valence-corrected chi connectivity index (χ1v) is 11.7. The van der Waals surface area contributed by atoms with E-state index in [0.29, 0.717) is 25.0 Å². The van der Waals surface area contributed by atoms with Crippen LogP contribution in [0.5, 0.6) is 5.75 Å². The molecule has 14 heteroatoms. The third kappa shape index (κ3) is 10.9. The highest BCUT2D eigenvalue weighted by Gasteiger charge is 2.35. The van der Waals surface area contributed by atoms with Crippen LogP contribution in [0.25, 0.3) is 0 Å². The van der Waals surface area contributed by atoms with Gasteiger partial charge >= 0.3 is 13.7 Å². The average Bonchev–Trinajstić information content (AvgIpc) is 3.22. The Kier molecular flexibility index (Phi) is 13.0. The fraction of sp³-hybridized carbons (Fsp3) is 0.450. The van der Waals surface area contributed by atoms with Crippen molar-refractivity contribution < 1.29 is 47.0 Å². The fourth-order valence-electron chi connectivity index (χ4n) is 2.41. The van der Waals surface area contributed by atoms with Crippen LogP contribution >= 0.6 is 7.75 Å². The molecular formula is C20H29FN3O9P. The number of carbonyl (C=O) groups is 3. The van der Waals surface area contributed by atoms with Crippen LogP contribution in [0.2, 0.25) is 0 Å². The molecule has 2 unspecified atom stereocenters. The minimum atomic E-state index is -3.90. The van der Waals surface area contributed by atoms with Gasteiger partial charge in [-0.1, -0.05) is 18.2 Å². The largest absolute Gasteiger partial charge is 0.465 e. The SMILES string of the molecule is CCOC(=O)[C@H](C)NP(=O)(OC[C@H]1OCCC1O)Oc1ccccc1.NC(=O)/C(F)=C\NC=O. The molecule has 0 spiro atoms. The number of benzene rings is 1. The Bertz CT molecular complexity index is 872. The Balaban J connectivity index is 0.000000546. The van der Waals surface area contributed by atoms with Crippen LogP contribution < -0.4 is 20.7 Å². The minimum Gasteiger partial charge on any atom is -0.465 e. The molecule has 0 aliphatic carbocycles. The van der Waals surface area contributed by atoms with Gasteiger partial charge in [-0.25, -0.2) is 4.57 Å². The minimum absolute atomic E-state index is 0.131. The van der Waals surface area contributed by atoms with Gasteiger partial charge in [-0.15, -0.1) is 0 Å². The number of nitrogens with two attached hydrogens (primary N) is 1. The van der Waals surface area contributed by atoms with Crippen molar-refractivity contribution in [3.05, 3.63) is 42.4 Å². The number of halogens is 1. The summed E-state index contributed by atoms with van der Waals surface area (Å²) >= 11 is 0. The second-order valence-corrected chi connectivity index (χ2v) is 8.40.